The molecule has 0 amide bonds. The van der Waals surface area contributed by atoms with E-state index >= 15 is 0 Å². The molecule has 0 heterocycles. The highest BCUT2D eigenvalue weighted by molar-refractivity contribution is 6.00. The number of carbonyl (C=O) groups excluding carboxylic acids is 1. The van der Waals surface area contributed by atoms with Gasteiger partial charge in [0.15, 0.2) is 5.78 Å². The van der Waals surface area contributed by atoms with Gasteiger partial charge in [0.05, 0.1) is 6.61 Å². The van der Waals surface area contributed by atoms with Crippen LogP contribution in [0.1, 0.15) is 22.8 Å². The van der Waals surface area contributed by atoms with E-state index in [1.807, 2.05) is 0 Å². The Morgan fingerprint density at radius 1 is 1.35 bits per heavy atom. The van der Waals surface area contributed by atoms with Gasteiger partial charge >= 0.3 is 6.18 Å². The summed E-state index contributed by atoms with van der Waals surface area (Å²) in [5.41, 5.74) is -0.0244. The van der Waals surface area contributed by atoms with Gasteiger partial charge in [-0.15, -0.1) is 0 Å². The molecule has 0 saturated heterocycles. The predicted molar refractivity (Wildman–Crippen MR) is 66.5 cm³/mol. The molecule has 1 N–H and O–H groups in total. The number of hydrogen-bond donors (Lipinski definition) is 1. The lowest BCUT2D eigenvalue weighted by atomic mass is 10.0. The highest BCUT2D eigenvalue weighted by atomic mass is 19.4. The molecular formula is C13H15F4NO2. The van der Waals surface area contributed by atoms with Crippen molar-refractivity contribution in [1.29, 1.82) is 0 Å². The van der Waals surface area contributed by atoms with Gasteiger partial charge in [-0.25, -0.2) is 4.39 Å². The van der Waals surface area contributed by atoms with E-state index in [0.29, 0.717) is 0 Å². The zero-order chi connectivity index (χ0) is 15.5. The molecule has 0 fully saturated rings. The second-order valence-corrected chi connectivity index (χ2v) is 4.44. The molecular weight excluding hydrogens is 278 g/mol. The molecule has 1 rings (SSSR count). The molecule has 0 aromatic heterocycles. The number of hydrogen-bond acceptors (Lipinski definition) is 3. The number of rotatable bonds is 5. The van der Waals surface area contributed by atoms with Gasteiger partial charge in [-0.05, 0) is 31.5 Å². The van der Waals surface area contributed by atoms with Crippen molar-refractivity contribution >= 4 is 11.5 Å². The summed E-state index contributed by atoms with van der Waals surface area (Å²) in [6, 6.07) is 2.11. The van der Waals surface area contributed by atoms with E-state index in [2.05, 4.69) is 0 Å². The molecule has 1 aromatic rings. The summed E-state index contributed by atoms with van der Waals surface area (Å²) in [4.78, 5) is 12.3. The van der Waals surface area contributed by atoms with Gasteiger partial charge in [0.2, 0.25) is 0 Å². The average molecular weight is 293 g/mol. The normalized spacial score (nSPS) is 11.6. The number of aliphatic hydroxyl groups excluding tert-OH is 1. The lowest BCUT2D eigenvalue weighted by molar-refractivity contribution is -0.119. The van der Waals surface area contributed by atoms with Crippen LogP contribution < -0.4 is 4.90 Å². The van der Waals surface area contributed by atoms with Crippen LogP contribution in [-0.2, 0) is 0 Å². The van der Waals surface area contributed by atoms with E-state index in [1.54, 1.807) is 0 Å². The third-order valence-corrected chi connectivity index (χ3v) is 2.74. The number of ketones is 1. The monoisotopic (exact) mass is 293 g/mol. The third-order valence-electron chi connectivity index (χ3n) is 2.74. The molecule has 0 aliphatic rings. The van der Waals surface area contributed by atoms with Gasteiger partial charge in [-0.3, -0.25) is 4.79 Å². The topological polar surface area (TPSA) is 40.5 Å². The number of halogens is 4. The molecule has 0 aliphatic carbocycles. The van der Waals surface area contributed by atoms with Crippen LogP contribution in [-0.4, -0.2) is 36.8 Å². The Bertz CT molecular complexity index is 500. The minimum Gasteiger partial charge on any atom is -0.395 e. The van der Waals surface area contributed by atoms with Gasteiger partial charge < -0.3 is 10.0 Å². The average Bonchev–Trinajstić information content (AvgIpc) is 2.29. The van der Waals surface area contributed by atoms with Crippen LogP contribution in [0.3, 0.4) is 0 Å². The predicted octanol–water partition coefficient (Wildman–Crippen LogP) is 2.70. The van der Waals surface area contributed by atoms with E-state index < -0.39 is 30.9 Å². The molecule has 0 saturated carbocycles. The van der Waals surface area contributed by atoms with Crippen LogP contribution in [0.15, 0.2) is 12.1 Å². The quantitative estimate of drug-likeness (QED) is 0.670. The Balaban J connectivity index is 3.31. The Labute approximate surface area is 113 Å². The number of Topliss-reactive ketones (excluding diaryl/α,β-unsaturated/α-hetero) is 1. The zero-order valence-electron chi connectivity index (χ0n) is 11.1. The van der Waals surface area contributed by atoms with Gasteiger partial charge in [0.25, 0.3) is 0 Å². The SMILES string of the molecule is CC(=O)c1cc(F)c(C)cc1N(CCO)CC(F)(F)F. The summed E-state index contributed by atoms with van der Waals surface area (Å²) in [6.45, 7) is 0.416. The highest BCUT2D eigenvalue weighted by Crippen LogP contribution is 2.28. The maximum atomic E-state index is 13.5. The third kappa shape index (κ3) is 4.19. The van der Waals surface area contributed by atoms with Crippen molar-refractivity contribution in [3.63, 3.8) is 0 Å². The number of carbonyl (C=O) groups is 1. The smallest absolute Gasteiger partial charge is 0.395 e. The van der Waals surface area contributed by atoms with Gasteiger partial charge in [0.1, 0.15) is 12.4 Å². The summed E-state index contributed by atoms with van der Waals surface area (Å²) < 4.78 is 51.1. The number of aliphatic hydroxyl groups is 1. The first-order chi connectivity index (χ1) is 9.15. The number of alkyl halides is 3. The highest BCUT2D eigenvalue weighted by Gasteiger charge is 2.32. The Morgan fingerprint density at radius 3 is 2.40 bits per heavy atom. The standard InChI is InChI=1S/C13H15F4NO2/c1-8-5-12(10(9(2)20)6-11(8)14)18(3-4-19)7-13(15,16)17/h5-6,19H,3-4,7H2,1-2H3. The molecule has 0 bridgehead atoms. The van der Waals surface area contributed by atoms with Crippen LogP contribution >= 0.6 is 0 Å². The van der Waals surface area contributed by atoms with Crippen molar-refractivity contribution in [3.05, 3.63) is 29.1 Å². The van der Waals surface area contributed by atoms with Gasteiger partial charge in [-0.1, -0.05) is 0 Å². The number of aryl methyl sites for hydroxylation is 1. The van der Waals surface area contributed by atoms with Crippen molar-refractivity contribution in [2.24, 2.45) is 0 Å². The summed E-state index contributed by atoms with van der Waals surface area (Å²) in [6.07, 6.45) is -4.49. The van der Waals surface area contributed by atoms with Crippen LogP contribution in [0.5, 0.6) is 0 Å². The van der Waals surface area contributed by atoms with E-state index in [4.69, 9.17) is 5.11 Å². The van der Waals surface area contributed by atoms with E-state index in [-0.39, 0.29) is 23.4 Å². The minimum absolute atomic E-state index is 0.0252. The molecule has 7 heteroatoms. The van der Waals surface area contributed by atoms with Crippen LogP contribution in [0.4, 0.5) is 23.2 Å². The lowest BCUT2D eigenvalue weighted by Gasteiger charge is -2.27. The largest absolute Gasteiger partial charge is 0.405 e. The number of anilines is 1. The molecule has 0 radical (unpaired) electrons. The molecule has 0 spiro atoms. The first-order valence-electron chi connectivity index (χ1n) is 5.89. The Kier molecular flexibility index (Phi) is 5.10. The first-order valence-corrected chi connectivity index (χ1v) is 5.89. The lowest BCUT2D eigenvalue weighted by Crippen LogP contribution is -2.37. The van der Waals surface area contributed by atoms with E-state index in [0.717, 1.165) is 17.9 Å². The molecule has 0 unspecified atom stereocenters. The molecule has 0 atom stereocenters. The molecule has 20 heavy (non-hydrogen) atoms. The zero-order valence-corrected chi connectivity index (χ0v) is 11.1. The summed E-state index contributed by atoms with van der Waals surface area (Å²) >= 11 is 0. The molecule has 0 aliphatic heterocycles. The first kappa shape index (κ1) is 16.4. The second-order valence-electron chi connectivity index (χ2n) is 4.44. The van der Waals surface area contributed by atoms with Crippen molar-refractivity contribution in [3.8, 4) is 0 Å². The van der Waals surface area contributed by atoms with E-state index in [9.17, 15) is 22.4 Å². The Morgan fingerprint density at radius 2 is 1.95 bits per heavy atom. The Hall–Kier alpha value is -1.63. The fourth-order valence-electron chi connectivity index (χ4n) is 1.83. The van der Waals surface area contributed by atoms with Crippen molar-refractivity contribution in [2.45, 2.75) is 20.0 Å². The van der Waals surface area contributed by atoms with Crippen molar-refractivity contribution < 1.29 is 27.5 Å². The fraction of sp³-hybridized carbons (Fsp3) is 0.462. The molecule has 112 valence electrons. The van der Waals surface area contributed by atoms with Gasteiger partial charge in [-0.2, -0.15) is 13.2 Å². The van der Waals surface area contributed by atoms with Crippen LogP contribution in [0.2, 0.25) is 0 Å². The van der Waals surface area contributed by atoms with Crippen molar-refractivity contribution in [1.82, 2.24) is 0 Å². The van der Waals surface area contributed by atoms with E-state index in [1.165, 1.54) is 13.0 Å². The number of nitrogens with zero attached hydrogens (tertiary/aromatic N) is 1. The maximum Gasteiger partial charge on any atom is 0.405 e. The van der Waals surface area contributed by atoms with Gasteiger partial charge in [0, 0.05) is 17.8 Å². The van der Waals surface area contributed by atoms with Crippen molar-refractivity contribution in [2.75, 3.05) is 24.6 Å². The molecule has 1 aromatic carbocycles. The fourth-order valence-corrected chi connectivity index (χ4v) is 1.83. The summed E-state index contributed by atoms with van der Waals surface area (Å²) in [5, 5.41) is 8.88. The minimum atomic E-state index is -4.49. The summed E-state index contributed by atoms with van der Waals surface area (Å²) in [7, 11) is 0. The van der Waals surface area contributed by atoms with Crippen LogP contribution in [0.25, 0.3) is 0 Å². The maximum absolute atomic E-state index is 13.5. The summed E-state index contributed by atoms with van der Waals surface area (Å²) in [5.74, 6) is -1.20. The van der Waals surface area contributed by atoms with Crippen LogP contribution in [0, 0.1) is 12.7 Å². The molecule has 3 nitrogen and oxygen atoms in total. The number of benzene rings is 1. The second kappa shape index (κ2) is 6.21.